The van der Waals surface area contributed by atoms with Crippen LogP contribution in [0.1, 0.15) is 19.4 Å². The minimum atomic E-state index is -5.66. The molecule has 1 spiro atoms. The van der Waals surface area contributed by atoms with Crippen molar-refractivity contribution in [1.29, 1.82) is 0 Å². The number of alkyl halides is 6. The van der Waals surface area contributed by atoms with Crippen LogP contribution in [-0.4, -0.2) is 16.8 Å². The van der Waals surface area contributed by atoms with Gasteiger partial charge in [-0.2, -0.15) is 0 Å². The molecular formula is C18H15F6OPS. The summed E-state index contributed by atoms with van der Waals surface area (Å²) < 4.78 is 89.0. The molecule has 2 aromatic carbocycles. The van der Waals surface area contributed by atoms with Gasteiger partial charge in [-0.15, -0.1) is 0 Å². The molecule has 0 atom stereocenters. The van der Waals surface area contributed by atoms with E-state index in [1.807, 2.05) is 0 Å². The third-order valence-electron chi connectivity index (χ3n) is 5.40. The van der Waals surface area contributed by atoms with E-state index in [1.54, 1.807) is 44.2 Å². The fourth-order valence-corrected chi connectivity index (χ4v) is 15.8. The Bertz CT molecular complexity index is 911. The molecule has 2 aromatic rings. The van der Waals surface area contributed by atoms with Gasteiger partial charge in [-0.3, -0.25) is 0 Å². The molecule has 1 nitrogen and oxygen atoms in total. The maximum absolute atomic E-state index is 14.1. The first-order valence-corrected chi connectivity index (χ1v) is 11.6. The van der Waals surface area contributed by atoms with Crippen LogP contribution in [-0.2, 0) is 10.1 Å². The Morgan fingerprint density at radius 1 is 0.815 bits per heavy atom. The molecule has 0 saturated carbocycles. The van der Waals surface area contributed by atoms with Crippen LogP contribution in [0.5, 0.6) is 0 Å². The molecule has 0 N–H and O–H groups in total. The standard InChI is InChI=1S/C18H15F6OPS/c1-15(2)26(27-15,12-8-4-3-5-9-12)14-11-7-6-10-13(14)16(25-26,17(19,20)21)18(22,23)24/h3-11H,1-2H3. The Labute approximate surface area is 155 Å². The summed E-state index contributed by atoms with van der Waals surface area (Å²) in [5.41, 5.74) is -5.19. The molecule has 1 fully saturated rings. The molecule has 4 rings (SSSR count). The fraction of sp³-hybridized carbons (Fsp3) is 0.333. The van der Waals surface area contributed by atoms with Crippen molar-refractivity contribution >= 4 is 28.0 Å². The zero-order valence-corrected chi connectivity index (χ0v) is 15.9. The first kappa shape index (κ1) is 19.1. The summed E-state index contributed by atoms with van der Waals surface area (Å²) in [6, 6.07) is 8.70. The molecule has 0 amide bonds. The second kappa shape index (κ2) is 5.02. The molecule has 0 aliphatic carbocycles. The van der Waals surface area contributed by atoms with Gasteiger partial charge < -0.3 is 0 Å². The molecule has 27 heavy (non-hydrogen) atoms. The van der Waals surface area contributed by atoms with Gasteiger partial charge >= 0.3 is 155 Å². The second-order valence-electron chi connectivity index (χ2n) is 7.12. The summed E-state index contributed by atoms with van der Waals surface area (Å²) in [6.07, 6.45) is -11.3. The average Bonchev–Trinajstić information content (AvgIpc) is 2.93. The molecule has 0 unspecified atom stereocenters. The van der Waals surface area contributed by atoms with Crippen molar-refractivity contribution in [3.8, 4) is 0 Å². The van der Waals surface area contributed by atoms with Crippen LogP contribution in [0.4, 0.5) is 26.3 Å². The van der Waals surface area contributed by atoms with E-state index in [4.69, 9.17) is 4.52 Å². The summed E-state index contributed by atoms with van der Waals surface area (Å²) in [4.78, 5) is 0. The van der Waals surface area contributed by atoms with Crippen molar-refractivity contribution < 1.29 is 30.9 Å². The van der Waals surface area contributed by atoms with Crippen molar-refractivity contribution in [2.75, 3.05) is 0 Å². The number of hydrogen-bond acceptors (Lipinski definition) is 2. The number of fused-ring (bicyclic) bond motifs is 2. The van der Waals surface area contributed by atoms with Gasteiger partial charge in [0.15, 0.2) is 0 Å². The Kier molecular flexibility index (Phi) is 3.55. The van der Waals surface area contributed by atoms with E-state index in [1.165, 1.54) is 18.2 Å². The molecule has 0 radical (unpaired) electrons. The van der Waals surface area contributed by atoms with E-state index < -0.39 is 34.0 Å². The normalized spacial score (nSPS) is 25.4. The Morgan fingerprint density at radius 2 is 1.30 bits per heavy atom. The summed E-state index contributed by atoms with van der Waals surface area (Å²) in [5, 5.41) is 0.417. The van der Waals surface area contributed by atoms with Gasteiger partial charge in [-0.05, 0) is 0 Å². The summed E-state index contributed by atoms with van der Waals surface area (Å²) in [5.74, 6) is 0. The maximum atomic E-state index is 14.1. The average molecular weight is 424 g/mol. The van der Waals surface area contributed by atoms with Gasteiger partial charge in [0.1, 0.15) is 0 Å². The molecule has 0 aromatic heterocycles. The van der Waals surface area contributed by atoms with Gasteiger partial charge in [-0.25, -0.2) is 0 Å². The summed E-state index contributed by atoms with van der Waals surface area (Å²) in [6.45, 7) is 3.31. The van der Waals surface area contributed by atoms with Crippen LogP contribution in [0, 0.1) is 0 Å². The van der Waals surface area contributed by atoms with Crippen molar-refractivity contribution in [3.05, 3.63) is 60.2 Å². The van der Waals surface area contributed by atoms with Crippen molar-refractivity contribution in [1.82, 2.24) is 0 Å². The summed E-state index contributed by atoms with van der Waals surface area (Å²) >= 11 is 1.09. The Morgan fingerprint density at radius 3 is 1.78 bits per heavy atom. The third-order valence-corrected chi connectivity index (χ3v) is 16.9. The van der Waals surface area contributed by atoms with Crippen LogP contribution >= 0.6 is 17.4 Å². The van der Waals surface area contributed by atoms with Crippen LogP contribution in [0.15, 0.2) is 54.6 Å². The van der Waals surface area contributed by atoms with Crippen molar-refractivity contribution in [2.24, 2.45) is 0 Å². The van der Waals surface area contributed by atoms with Crippen LogP contribution in [0.2, 0.25) is 0 Å². The quantitative estimate of drug-likeness (QED) is 0.323. The predicted molar refractivity (Wildman–Crippen MR) is 95.6 cm³/mol. The van der Waals surface area contributed by atoms with Crippen LogP contribution in [0.25, 0.3) is 0 Å². The van der Waals surface area contributed by atoms with E-state index in [0.29, 0.717) is 5.30 Å². The third kappa shape index (κ3) is 1.92. The number of benzene rings is 2. The molecule has 2 aliphatic rings. The van der Waals surface area contributed by atoms with E-state index in [0.717, 1.165) is 17.4 Å². The van der Waals surface area contributed by atoms with Gasteiger partial charge in [-0.1, -0.05) is 0 Å². The SMILES string of the molecule is CC1(C)SP12(c1ccccc1)OC(C(F)(F)F)(C(F)(F)F)c1ccccc12. The van der Waals surface area contributed by atoms with Crippen LogP contribution in [0.3, 0.4) is 0 Å². The Balaban J connectivity index is 2.16. The number of rotatable bonds is 1. The monoisotopic (exact) mass is 424 g/mol. The first-order chi connectivity index (χ1) is 12.3. The number of hydrogen-bond donors (Lipinski definition) is 0. The Hall–Kier alpha value is -1.24. The molecule has 146 valence electrons. The number of halogens is 6. The zero-order valence-electron chi connectivity index (χ0n) is 14.2. The van der Waals surface area contributed by atoms with Crippen molar-refractivity contribution in [3.63, 3.8) is 0 Å². The summed E-state index contributed by atoms with van der Waals surface area (Å²) in [7, 11) is 0. The van der Waals surface area contributed by atoms with E-state index in [9.17, 15) is 26.3 Å². The van der Waals surface area contributed by atoms with E-state index >= 15 is 0 Å². The molecule has 1 saturated heterocycles. The van der Waals surface area contributed by atoms with Gasteiger partial charge in [0.05, 0.1) is 0 Å². The van der Waals surface area contributed by atoms with Crippen LogP contribution < -0.4 is 10.6 Å². The van der Waals surface area contributed by atoms with Gasteiger partial charge in [0.2, 0.25) is 0 Å². The fourth-order valence-electron chi connectivity index (χ4n) is 4.18. The van der Waals surface area contributed by atoms with Gasteiger partial charge in [0.25, 0.3) is 0 Å². The van der Waals surface area contributed by atoms with E-state index in [-0.39, 0.29) is 5.30 Å². The van der Waals surface area contributed by atoms with Gasteiger partial charge in [0, 0.05) is 0 Å². The molecule has 2 heterocycles. The second-order valence-corrected chi connectivity index (χ2v) is 15.5. The zero-order chi connectivity index (χ0) is 20.0. The topological polar surface area (TPSA) is 9.23 Å². The minimum absolute atomic E-state index is 0.0272. The molecule has 0 bridgehead atoms. The predicted octanol–water partition coefficient (Wildman–Crippen LogP) is 5.85. The molecular weight excluding hydrogens is 409 g/mol. The van der Waals surface area contributed by atoms with Crippen molar-refractivity contribution in [2.45, 2.75) is 36.3 Å². The van der Waals surface area contributed by atoms with E-state index in [2.05, 4.69) is 0 Å². The molecule has 9 heteroatoms. The first-order valence-electron chi connectivity index (χ1n) is 8.07. The molecule has 2 aliphatic heterocycles.